The number of hydrogen-bond acceptors (Lipinski definition) is 2. The number of benzene rings is 1. The number of nitrogens with one attached hydrogen (secondary N) is 2. The van der Waals surface area contributed by atoms with Gasteiger partial charge in [0.05, 0.1) is 5.02 Å². The molecule has 0 aliphatic heterocycles. The fraction of sp³-hybridized carbons (Fsp3) is 0.500. The van der Waals surface area contributed by atoms with Crippen LogP contribution in [-0.2, 0) is 6.54 Å². The monoisotopic (exact) mass is 262 g/mol. The van der Waals surface area contributed by atoms with Crippen LogP contribution in [0.2, 0.25) is 5.02 Å². The summed E-state index contributed by atoms with van der Waals surface area (Å²) in [6.07, 6.45) is 0. The van der Waals surface area contributed by atoms with E-state index >= 15 is 0 Å². The second-order valence-corrected chi connectivity index (χ2v) is 4.35. The van der Waals surface area contributed by atoms with E-state index in [0.29, 0.717) is 0 Å². The molecular formula is C12H17ClF2N2. The number of likely N-dealkylation sites (N-methyl/N-ethyl adjacent to an activating group) is 1. The molecule has 2 nitrogen and oxygen atoms in total. The van der Waals surface area contributed by atoms with Crippen LogP contribution in [0, 0.1) is 11.6 Å². The lowest BCUT2D eigenvalue weighted by Crippen LogP contribution is -2.36. The molecule has 1 unspecified atom stereocenters. The summed E-state index contributed by atoms with van der Waals surface area (Å²) in [4.78, 5) is 0. The van der Waals surface area contributed by atoms with Crippen molar-refractivity contribution < 1.29 is 8.78 Å². The Bertz CT molecular complexity index is 372. The molecule has 0 aliphatic rings. The van der Waals surface area contributed by atoms with Gasteiger partial charge in [-0.25, -0.2) is 8.78 Å². The molecule has 96 valence electrons. The predicted molar refractivity (Wildman–Crippen MR) is 66.2 cm³/mol. The van der Waals surface area contributed by atoms with Crippen LogP contribution in [0.1, 0.15) is 19.4 Å². The Hall–Kier alpha value is -0.710. The maximum Gasteiger partial charge on any atom is 0.142 e. The van der Waals surface area contributed by atoms with Gasteiger partial charge >= 0.3 is 0 Å². The molecule has 0 heterocycles. The van der Waals surface area contributed by atoms with Gasteiger partial charge in [0.25, 0.3) is 0 Å². The molecule has 5 heteroatoms. The summed E-state index contributed by atoms with van der Waals surface area (Å²) >= 11 is 5.47. The molecule has 0 aromatic heterocycles. The van der Waals surface area contributed by atoms with E-state index in [1.807, 2.05) is 13.8 Å². The van der Waals surface area contributed by atoms with Gasteiger partial charge in [0.15, 0.2) is 0 Å². The fourth-order valence-electron chi connectivity index (χ4n) is 1.42. The minimum Gasteiger partial charge on any atom is -0.315 e. The normalized spacial score (nSPS) is 12.8. The highest BCUT2D eigenvalue weighted by Gasteiger charge is 2.09. The van der Waals surface area contributed by atoms with Crippen molar-refractivity contribution in [2.24, 2.45) is 0 Å². The van der Waals surface area contributed by atoms with Crippen LogP contribution in [0.3, 0.4) is 0 Å². The summed E-state index contributed by atoms with van der Waals surface area (Å²) < 4.78 is 26.6. The number of rotatable bonds is 6. The third-order valence-corrected chi connectivity index (χ3v) is 2.72. The van der Waals surface area contributed by atoms with Gasteiger partial charge in [-0.05, 0) is 25.6 Å². The van der Waals surface area contributed by atoms with Crippen LogP contribution in [0.5, 0.6) is 0 Å². The van der Waals surface area contributed by atoms with E-state index in [0.717, 1.165) is 25.2 Å². The Morgan fingerprint density at radius 3 is 2.65 bits per heavy atom. The third kappa shape index (κ3) is 4.58. The standard InChI is InChI=1S/C12H17ClF2N2/c1-3-16-6-8(2)17-7-9-4-12(15)10(13)5-11(9)14/h4-5,8,16-17H,3,6-7H2,1-2H3. The first-order valence-corrected chi connectivity index (χ1v) is 6.00. The molecule has 1 atom stereocenters. The average Bonchev–Trinajstić information content (AvgIpc) is 2.29. The Kier molecular flexibility index (Phi) is 5.82. The van der Waals surface area contributed by atoms with E-state index in [2.05, 4.69) is 10.6 Å². The molecule has 0 radical (unpaired) electrons. The van der Waals surface area contributed by atoms with Gasteiger partial charge in [0, 0.05) is 24.7 Å². The first kappa shape index (κ1) is 14.4. The van der Waals surface area contributed by atoms with Crippen LogP contribution in [0.4, 0.5) is 8.78 Å². The van der Waals surface area contributed by atoms with Crippen molar-refractivity contribution in [3.63, 3.8) is 0 Å². The molecule has 2 N–H and O–H groups in total. The van der Waals surface area contributed by atoms with Crippen molar-refractivity contribution in [1.29, 1.82) is 0 Å². The fourth-order valence-corrected chi connectivity index (χ4v) is 1.57. The maximum absolute atomic E-state index is 13.4. The Balaban J connectivity index is 2.54. The zero-order valence-electron chi connectivity index (χ0n) is 9.99. The van der Waals surface area contributed by atoms with Crippen molar-refractivity contribution in [1.82, 2.24) is 10.6 Å². The third-order valence-electron chi connectivity index (χ3n) is 2.43. The predicted octanol–water partition coefficient (Wildman–Crippen LogP) is 2.71. The number of halogens is 3. The van der Waals surface area contributed by atoms with Gasteiger partial charge in [-0.2, -0.15) is 0 Å². The highest BCUT2D eigenvalue weighted by Crippen LogP contribution is 2.19. The van der Waals surface area contributed by atoms with Crippen molar-refractivity contribution >= 4 is 11.6 Å². The molecular weight excluding hydrogens is 246 g/mol. The molecule has 0 spiro atoms. The van der Waals surface area contributed by atoms with Crippen LogP contribution in [0.25, 0.3) is 0 Å². The van der Waals surface area contributed by atoms with Crippen molar-refractivity contribution in [2.45, 2.75) is 26.4 Å². The summed E-state index contributed by atoms with van der Waals surface area (Å²) in [6.45, 7) is 5.95. The molecule has 0 fully saturated rings. The van der Waals surface area contributed by atoms with Crippen molar-refractivity contribution in [2.75, 3.05) is 13.1 Å². The second kappa shape index (κ2) is 6.89. The summed E-state index contributed by atoms with van der Waals surface area (Å²) in [5.41, 5.74) is 0.287. The summed E-state index contributed by atoms with van der Waals surface area (Å²) in [7, 11) is 0. The van der Waals surface area contributed by atoms with Crippen LogP contribution in [0.15, 0.2) is 12.1 Å². The first-order valence-electron chi connectivity index (χ1n) is 5.62. The topological polar surface area (TPSA) is 24.1 Å². The zero-order chi connectivity index (χ0) is 12.8. The largest absolute Gasteiger partial charge is 0.315 e. The Morgan fingerprint density at radius 2 is 2.00 bits per heavy atom. The first-order chi connectivity index (χ1) is 8.04. The van der Waals surface area contributed by atoms with E-state index < -0.39 is 11.6 Å². The second-order valence-electron chi connectivity index (χ2n) is 3.95. The van der Waals surface area contributed by atoms with Gasteiger partial charge in [0.2, 0.25) is 0 Å². The lowest BCUT2D eigenvalue weighted by Gasteiger charge is -2.14. The van der Waals surface area contributed by atoms with Gasteiger partial charge in [-0.1, -0.05) is 18.5 Å². The maximum atomic E-state index is 13.4. The van der Waals surface area contributed by atoms with E-state index in [1.54, 1.807) is 0 Å². The van der Waals surface area contributed by atoms with Crippen molar-refractivity contribution in [3.05, 3.63) is 34.4 Å². The highest BCUT2D eigenvalue weighted by atomic mass is 35.5. The number of hydrogen-bond donors (Lipinski definition) is 2. The van der Waals surface area contributed by atoms with E-state index in [-0.39, 0.29) is 23.2 Å². The molecule has 0 bridgehead atoms. The lowest BCUT2D eigenvalue weighted by molar-refractivity contribution is 0.495. The van der Waals surface area contributed by atoms with E-state index in [9.17, 15) is 8.78 Å². The SMILES string of the molecule is CCNCC(C)NCc1cc(F)c(Cl)cc1F. The van der Waals surface area contributed by atoms with E-state index in [4.69, 9.17) is 11.6 Å². The quantitative estimate of drug-likeness (QED) is 0.771. The summed E-state index contributed by atoms with van der Waals surface area (Å²) in [6, 6.07) is 2.32. The molecule has 1 aromatic rings. The molecule has 17 heavy (non-hydrogen) atoms. The lowest BCUT2D eigenvalue weighted by atomic mass is 10.2. The zero-order valence-corrected chi connectivity index (χ0v) is 10.7. The molecule has 0 aliphatic carbocycles. The molecule has 1 aromatic carbocycles. The summed E-state index contributed by atoms with van der Waals surface area (Å²) in [5.74, 6) is -1.08. The van der Waals surface area contributed by atoms with E-state index in [1.165, 1.54) is 0 Å². The molecule has 1 rings (SSSR count). The van der Waals surface area contributed by atoms with Crippen molar-refractivity contribution in [3.8, 4) is 0 Å². The summed E-state index contributed by atoms with van der Waals surface area (Å²) in [5, 5.41) is 6.09. The van der Waals surface area contributed by atoms with Gasteiger partial charge in [-0.3, -0.25) is 0 Å². The van der Waals surface area contributed by atoms with Gasteiger partial charge < -0.3 is 10.6 Å². The smallest absolute Gasteiger partial charge is 0.142 e. The van der Waals surface area contributed by atoms with Crippen LogP contribution < -0.4 is 10.6 Å². The average molecular weight is 263 g/mol. The van der Waals surface area contributed by atoms with Gasteiger partial charge in [0.1, 0.15) is 11.6 Å². The molecule has 0 saturated carbocycles. The minimum atomic E-state index is -0.593. The van der Waals surface area contributed by atoms with Crippen LogP contribution in [-0.4, -0.2) is 19.1 Å². The Morgan fingerprint density at radius 1 is 1.29 bits per heavy atom. The highest BCUT2D eigenvalue weighted by molar-refractivity contribution is 6.30. The molecule has 0 amide bonds. The van der Waals surface area contributed by atoms with Crippen LogP contribution >= 0.6 is 11.6 Å². The van der Waals surface area contributed by atoms with Gasteiger partial charge in [-0.15, -0.1) is 0 Å². The Labute approximate surface area is 105 Å². The minimum absolute atomic E-state index is 0.188. The molecule has 0 saturated heterocycles.